The monoisotopic (exact) mass is 251 g/mol. The van der Waals surface area contributed by atoms with Crippen molar-refractivity contribution < 1.29 is 14.6 Å². The lowest BCUT2D eigenvalue weighted by Crippen LogP contribution is -2.57. The third kappa shape index (κ3) is 2.15. The van der Waals surface area contributed by atoms with Gasteiger partial charge in [0.15, 0.2) is 5.69 Å². The number of carbonyl (C=O) groups is 1. The molecular weight excluding hydrogens is 234 g/mol. The molecule has 2 atom stereocenters. The molecule has 6 nitrogen and oxygen atoms in total. The summed E-state index contributed by atoms with van der Waals surface area (Å²) in [5.74, 6) is 0.0843. The van der Waals surface area contributed by atoms with Gasteiger partial charge in [0.25, 0.3) is 0 Å². The van der Waals surface area contributed by atoms with E-state index in [1.807, 2.05) is 13.8 Å². The zero-order chi connectivity index (χ0) is 13.3. The van der Waals surface area contributed by atoms with Crippen LogP contribution in [-0.4, -0.2) is 40.5 Å². The SMILES string of the molecule is COC(=O)c1ccc(NC2CC(O)C2(C)C)nn1. The highest BCUT2D eigenvalue weighted by atomic mass is 16.5. The fourth-order valence-electron chi connectivity index (χ4n) is 1.95. The smallest absolute Gasteiger partial charge is 0.358 e. The van der Waals surface area contributed by atoms with E-state index in [2.05, 4.69) is 20.3 Å². The summed E-state index contributed by atoms with van der Waals surface area (Å²) in [6.45, 7) is 3.99. The molecule has 0 amide bonds. The Bertz CT molecular complexity index is 444. The molecule has 0 aliphatic heterocycles. The number of hydrogen-bond donors (Lipinski definition) is 2. The first-order valence-corrected chi connectivity index (χ1v) is 5.82. The molecule has 1 fully saturated rings. The molecule has 1 aliphatic rings. The molecule has 0 radical (unpaired) electrons. The van der Waals surface area contributed by atoms with Crippen LogP contribution >= 0.6 is 0 Å². The van der Waals surface area contributed by atoms with Crippen molar-refractivity contribution in [3.8, 4) is 0 Å². The Morgan fingerprint density at radius 1 is 1.50 bits per heavy atom. The van der Waals surface area contributed by atoms with Gasteiger partial charge in [0.1, 0.15) is 5.82 Å². The molecule has 1 aromatic rings. The van der Waals surface area contributed by atoms with Crippen molar-refractivity contribution >= 4 is 11.8 Å². The summed E-state index contributed by atoms with van der Waals surface area (Å²) in [6, 6.07) is 3.40. The summed E-state index contributed by atoms with van der Waals surface area (Å²) >= 11 is 0. The molecule has 2 unspecified atom stereocenters. The summed E-state index contributed by atoms with van der Waals surface area (Å²) in [5.41, 5.74) is -0.00107. The van der Waals surface area contributed by atoms with E-state index in [9.17, 15) is 9.90 Å². The number of rotatable bonds is 3. The Hall–Kier alpha value is -1.69. The Labute approximate surface area is 105 Å². The van der Waals surface area contributed by atoms with Crippen LogP contribution in [0.4, 0.5) is 5.82 Å². The molecule has 1 aromatic heterocycles. The molecule has 0 bridgehead atoms. The number of carbonyl (C=O) groups excluding carboxylic acids is 1. The summed E-state index contributed by atoms with van der Waals surface area (Å²) in [6.07, 6.45) is 0.394. The van der Waals surface area contributed by atoms with Crippen LogP contribution in [0.2, 0.25) is 0 Å². The van der Waals surface area contributed by atoms with Crippen LogP contribution in [0.1, 0.15) is 30.8 Å². The Morgan fingerprint density at radius 3 is 2.67 bits per heavy atom. The number of hydrogen-bond acceptors (Lipinski definition) is 6. The molecule has 0 aromatic carbocycles. The van der Waals surface area contributed by atoms with Gasteiger partial charge in [-0.15, -0.1) is 10.2 Å². The first-order chi connectivity index (χ1) is 8.45. The average molecular weight is 251 g/mol. The van der Waals surface area contributed by atoms with Gasteiger partial charge < -0.3 is 15.2 Å². The van der Waals surface area contributed by atoms with Crippen molar-refractivity contribution in [1.29, 1.82) is 0 Å². The molecule has 1 heterocycles. The largest absolute Gasteiger partial charge is 0.464 e. The van der Waals surface area contributed by atoms with Gasteiger partial charge in [-0.05, 0) is 18.6 Å². The molecule has 18 heavy (non-hydrogen) atoms. The third-order valence-corrected chi connectivity index (χ3v) is 3.60. The second kappa shape index (κ2) is 4.53. The Morgan fingerprint density at radius 2 is 2.22 bits per heavy atom. The third-order valence-electron chi connectivity index (χ3n) is 3.60. The minimum atomic E-state index is -0.506. The number of aliphatic hydroxyl groups excluding tert-OH is 1. The number of nitrogens with one attached hydrogen (secondary N) is 1. The van der Waals surface area contributed by atoms with E-state index >= 15 is 0 Å². The van der Waals surface area contributed by atoms with Crippen LogP contribution in [0.25, 0.3) is 0 Å². The summed E-state index contributed by atoms with van der Waals surface area (Å²) in [4.78, 5) is 11.2. The number of aromatic nitrogens is 2. The van der Waals surface area contributed by atoms with E-state index in [-0.39, 0.29) is 23.3 Å². The van der Waals surface area contributed by atoms with Gasteiger partial charge in [-0.2, -0.15) is 0 Å². The zero-order valence-electron chi connectivity index (χ0n) is 10.7. The highest BCUT2D eigenvalue weighted by Crippen LogP contribution is 2.41. The number of methoxy groups -OCH3 is 1. The minimum absolute atomic E-state index is 0.158. The standard InChI is InChI=1S/C12H17N3O3/c1-12(2)8(6-9(12)16)13-10-5-4-7(14-15-10)11(17)18-3/h4-5,8-9,16H,6H2,1-3H3,(H,13,15). The summed E-state index contributed by atoms with van der Waals surface area (Å²) < 4.78 is 4.54. The fraction of sp³-hybridized carbons (Fsp3) is 0.583. The second-order valence-corrected chi connectivity index (χ2v) is 5.07. The van der Waals surface area contributed by atoms with Gasteiger partial charge in [0.05, 0.1) is 13.2 Å². The summed E-state index contributed by atoms with van der Waals surface area (Å²) in [5, 5.41) is 20.5. The fourth-order valence-corrected chi connectivity index (χ4v) is 1.95. The quantitative estimate of drug-likeness (QED) is 0.774. The van der Waals surface area contributed by atoms with Crippen molar-refractivity contribution in [3.63, 3.8) is 0 Å². The Kier molecular flexibility index (Phi) is 3.21. The number of ether oxygens (including phenoxy) is 1. The number of esters is 1. The maximum absolute atomic E-state index is 11.2. The molecule has 6 heteroatoms. The normalized spacial score (nSPS) is 25.1. The van der Waals surface area contributed by atoms with Crippen LogP contribution in [0.5, 0.6) is 0 Å². The molecule has 0 saturated heterocycles. The van der Waals surface area contributed by atoms with E-state index in [1.165, 1.54) is 7.11 Å². The van der Waals surface area contributed by atoms with E-state index < -0.39 is 5.97 Å². The van der Waals surface area contributed by atoms with Gasteiger partial charge in [0.2, 0.25) is 0 Å². The van der Waals surface area contributed by atoms with E-state index in [0.717, 1.165) is 0 Å². The molecule has 0 spiro atoms. The molecule has 1 saturated carbocycles. The van der Waals surface area contributed by atoms with Crippen molar-refractivity contribution in [3.05, 3.63) is 17.8 Å². The predicted octanol–water partition coefficient (Wildman–Crippen LogP) is 0.834. The highest BCUT2D eigenvalue weighted by molar-refractivity contribution is 5.86. The highest BCUT2D eigenvalue weighted by Gasteiger charge is 2.47. The lowest BCUT2D eigenvalue weighted by molar-refractivity contribution is -0.0511. The second-order valence-electron chi connectivity index (χ2n) is 5.07. The molecule has 2 rings (SSSR count). The number of nitrogens with zero attached hydrogens (tertiary/aromatic N) is 2. The van der Waals surface area contributed by atoms with Crippen molar-refractivity contribution in [2.45, 2.75) is 32.4 Å². The lowest BCUT2D eigenvalue weighted by atomic mass is 9.64. The maximum atomic E-state index is 11.2. The van der Waals surface area contributed by atoms with E-state index in [0.29, 0.717) is 12.2 Å². The topological polar surface area (TPSA) is 84.3 Å². The first-order valence-electron chi connectivity index (χ1n) is 5.82. The average Bonchev–Trinajstić information content (AvgIpc) is 2.38. The molecule has 2 N–H and O–H groups in total. The van der Waals surface area contributed by atoms with E-state index in [4.69, 9.17) is 0 Å². The van der Waals surface area contributed by atoms with E-state index in [1.54, 1.807) is 12.1 Å². The van der Waals surface area contributed by atoms with Crippen molar-refractivity contribution in [2.24, 2.45) is 5.41 Å². The first kappa shape index (κ1) is 12.8. The van der Waals surface area contributed by atoms with Crippen LogP contribution in [0.15, 0.2) is 12.1 Å². The van der Waals surface area contributed by atoms with Crippen LogP contribution in [0.3, 0.4) is 0 Å². The maximum Gasteiger partial charge on any atom is 0.358 e. The summed E-state index contributed by atoms with van der Waals surface area (Å²) in [7, 11) is 1.30. The molecule has 1 aliphatic carbocycles. The Balaban J connectivity index is 2.01. The van der Waals surface area contributed by atoms with Gasteiger partial charge >= 0.3 is 5.97 Å². The zero-order valence-corrected chi connectivity index (χ0v) is 10.7. The number of aliphatic hydroxyl groups is 1. The molecular formula is C12H17N3O3. The van der Waals surface area contributed by atoms with Crippen LogP contribution in [0, 0.1) is 5.41 Å². The van der Waals surface area contributed by atoms with Gasteiger partial charge in [0, 0.05) is 11.5 Å². The minimum Gasteiger partial charge on any atom is -0.464 e. The van der Waals surface area contributed by atoms with Crippen LogP contribution < -0.4 is 5.32 Å². The van der Waals surface area contributed by atoms with Crippen molar-refractivity contribution in [2.75, 3.05) is 12.4 Å². The number of anilines is 1. The van der Waals surface area contributed by atoms with Gasteiger partial charge in [-0.3, -0.25) is 0 Å². The molecule has 98 valence electrons. The van der Waals surface area contributed by atoms with Gasteiger partial charge in [-0.25, -0.2) is 4.79 Å². The lowest BCUT2D eigenvalue weighted by Gasteiger charge is -2.49. The van der Waals surface area contributed by atoms with Crippen molar-refractivity contribution in [1.82, 2.24) is 10.2 Å². The van der Waals surface area contributed by atoms with Gasteiger partial charge in [-0.1, -0.05) is 13.8 Å². The predicted molar refractivity (Wildman–Crippen MR) is 65.2 cm³/mol. The van der Waals surface area contributed by atoms with Crippen LogP contribution in [-0.2, 0) is 4.74 Å².